The molecule has 0 aromatic heterocycles. The molecule has 0 aliphatic rings. The van der Waals surface area contributed by atoms with Crippen LogP contribution in [0.4, 0.5) is 0 Å². The van der Waals surface area contributed by atoms with E-state index < -0.39 is 0 Å². The Morgan fingerprint density at radius 3 is 1.34 bits per heavy atom. The normalized spacial score (nSPS) is 12.7. The van der Waals surface area contributed by atoms with Crippen LogP contribution in [-0.4, -0.2) is 48.0 Å². The Labute approximate surface area is 183 Å². The number of aliphatic hydroxyl groups excluding tert-OH is 2. The zero-order valence-electron chi connectivity index (χ0n) is 20.2. The van der Waals surface area contributed by atoms with Gasteiger partial charge in [-0.2, -0.15) is 0 Å². The molecule has 2 N–H and O–H groups in total. The Bertz CT molecular complexity index is 290. The molecular weight excluding hydrogens is 358 g/mol. The molecule has 0 saturated heterocycles. The number of unbranched alkanes of at least 4 members (excludes halogenated alkanes) is 13. The van der Waals surface area contributed by atoms with Crippen molar-refractivity contribution in [2.45, 2.75) is 129 Å². The van der Waals surface area contributed by atoms with E-state index in [9.17, 15) is 0 Å². The van der Waals surface area contributed by atoms with Gasteiger partial charge in [0, 0.05) is 32.8 Å². The lowest BCUT2D eigenvalue weighted by molar-refractivity contribution is 0.175. The summed E-state index contributed by atoms with van der Waals surface area (Å²) in [6.07, 6.45) is 24.2. The van der Waals surface area contributed by atoms with Gasteiger partial charge in [0.25, 0.3) is 0 Å². The molecule has 0 amide bonds. The Balaban J connectivity index is 3.56. The molecule has 0 aromatic carbocycles. The summed E-state index contributed by atoms with van der Waals surface area (Å²) in [7, 11) is 0. The maximum Gasteiger partial charge on any atom is 0.0443 e. The van der Waals surface area contributed by atoms with Crippen molar-refractivity contribution in [2.75, 3.05) is 32.8 Å². The van der Waals surface area contributed by atoms with Crippen LogP contribution in [0.2, 0.25) is 0 Å². The van der Waals surface area contributed by atoms with E-state index >= 15 is 0 Å². The Hall–Kier alpha value is -0.120. The first-order valence-corrected chi connectivity index (χ1v) is 13.2. The van der Waals surface area contributed by atoms with Gasteiger partial charge in [-0.15, -0.1) is 0 Å². The Morgan fingerprint density at radius 1 is 0.552 bits per heavy atom. The van der Waals surface area contributed by atoms with Gasteiger partial charge in [0.1, 0.15) is 0 Å². The fourth-order valence-electron chi connectivity index (χ4n) is 4.30. The van der Waals surface area contributed by atoms with Crippen LogP contribution >= 0.6 is 0 Å². The van der Waals surface area contributed by atoms with Gasteiger partial charge in [-0.3, -0.25) is 0 Å². The predicted molar refractivity (Wildman–Crippen MR) is 129 cm³/mol. The van der Waals surface area contributed by atoms with E-state index in [1.807, 2.05) is 0 Å². The summed E-state index contributed by atoms with van der Waals surface area (Å²) in [6, 6.07) is 0. The molecule has 0 bridgehead atoms. The molecule has 176 valence electrons. The van der Waals surface area contributed by atoms with Gasteiger partial charge >= 0.3 is 0 Å². The van der Waals surface area contributed by atoms with Crippen molar-refractivity contribution in [1.29, 1.82) is 0 Å². The number of hydrogen-bond acceptors (Lipinski definition) is 3. The molecule has 1 atom stereocenters. The first-order valence-electron chi connectivity index (χ1n) is 13.2. The highest BCUT2D eigenvalue weighted by Crippen LogP contribution is 2.18. The highest BCUT2D eigenvalue weighted by Gasteiger charge is 2.12. The van der Waals surface area contributed by atoms with E-state index in [1.165, 1.54) is 103 Å². The van der Waals surface area contributed by atoms with Crippen molar-refractivity contribution in [3.63, 3.8) is 0 Å². The molecule has 0 heterocycles. The third-order valence-corrected chi connectivity index (χ3v) is 6.32. The van der Waals surface area contributed by atoms with E-state index in [1.54, 1.807) is 0 Å². The summed E-state index contributed by atoms with van der Waals surface area (Å²) in [5.74, 6) is 0.768. The van der Waals surface area contributed by atoms with Crippen LogP contribution in [0.3, 0.4) is 0 Å². The van der Waals surface area contributed by atoms with Gasteiger partial charge in [-0.05, 0) is 25.2 Å². The number of hydrogen-bond donors (Lipinski definition) is 2. The van der Waals surface area contributed by atoms with Crippen LogP contribution in [0.1, 0.15) is 129 Å². The van der Waals surface area contributed by atoms with Crippen molar-refractivity contribution >= 4 is 0 Å². The zero-order chi connectivity index (χ0) is 21.4. The van der Waals surface area contributed by atoms with Gasteiger partial charge in [0.15, 0.2) is 0 Å². The van der Waals surface area contributed by atoms with E-state index in [-0.39, 0.29) is 13.2 Å². The van der Waals surface area contributed by atoms with Crippen LogP contribution in [-0.2, 0) is 0 Å². The molecule has 0 aliphatic carbocycles. The molecule has 0 aliphatic heterocycles. The quantitative estimate of drug-likeness (QED) is 0.168. The molecule has 1 unspecified atom stereocenters. The van der Waals surface area contributed by atoms with Crippen molar-refractivity contribution in [3.8, 4) is 0 Å². The summed E-state index contributed by atoms with van der Waals surface area (Å²) in [4.78, 5) is 2.45. The van der Waals surface area contributed by atoms with E-state index in [0.717, 1.165) is 38.4 Å². The summed E-state index contributed by atoms with van der Waals surface area (Å²) in [5, 5.41) is 18.2. The summed E-state index contributed by atoms with van der Waals surface area (Å²) < 4.78 is 0. The monoisotopic (exact) mass is 413 g/mol. The number of rotatable bonds is 24. The standard InChI is InChI=1S/C26H55NO2/c1-3-5-6-7-8-9-10-11-12-13-14-15-16-17-20-26(4-2)25-27(21-18-23-28)22-19-24-29/h26,28-29H,3-25H2,1-2H3. The molecule has 0 rings (SSSR count). The van der Waals surface area contributed by atoms with Crippen LogP contribution in [0.15, 0.2) is 0 Å². The van der Waals surface area contributed by atoms with Crippen LogP contribution in [0.25, 0.3) is 0 Å². The Morgan fingerprint density at radius 2 is 0.966 bits per heavy atom. The van der Waals surface area contributed by atoms with Crippen LogP contribution in [0.5, 0.6) is 0 Å². The molecule has 0 aromatic rings. The van der Waals surface area contributed by atoms with Gasteiger partial charge in [-0.1, -0.05) is 110 Å². The van der Waals surface area contributed by atoms with E-state index in [2.05, 4.69) is 18.7 Å². The topological polar surface area (TPSA) is 43.7 Å². The second-order valence-electron chi connectivity index (χ2n) is 9.11. The van der Waals surface area contributed by atoms with E-state index in [0.29, 0.717) is 0 Å². The lowest BCUT2D eigenvalue weighted by Crippen LogP contribution is -2.32. The van der Waals surface area contributed by atoms with Gasteiger partial charge in [-0.25, -0.2) is 0 Å². The van der Waals surface area contributed by atoms with Crippen molar-refractivity contribution in [2.24, 2.45) is 5.92 Å². The van der Waals surface area contributed by atoms with Crippen LogP contribution in [0, 0.1) is 5.92 Å². The fraction of sp³-hybridized carbons (Fsp3) is 1.00. The molecule has 3 heteroatoms. The Kier molecular flexibility index (Phi) is 24.1. The minimum absolute atomic E-state index is 0.269. The second kappa shape index (κ2) is 24.2. The van der Waals surface area contributed by atoms with Crippen LogP contribution < -0.4 is 0 Å². The number of aliphatic hydroxyl groups is 2. The molecule has 0 saturated carbocycles. The zero-order valence-corrected chi connectivity index (χ0v) is 20.2. The summed E-state index contributed by atoms with van der Waals surface area (Å²) in [6.45, 7) is 8.20. The second-order valence-corrected chi connectivity index (χ2v) is 9.11. The molecule has 0 radical (unpaired) electrons. The lowest BCUT2D eigenvalue weighted by atomic mass is 9.96. The highest BCUT2D eigenvalue weighted by atomic mass is 16.3. The summed E-state index contributed by atoms with van der Waals surface area (Å²) in [5.41, 5.74) is 0. The maximum atomic E-state index is 9.10. The molecule has 29 heavy (non-hydrogen) atoms. The lowest BCUT2D eigenvalue weighted by Gasteiger charge is -2.26. The molecule has 3 nitrogen and oxygen atoms in total. The van der Waals surface area contributed by atoms with Crippen molar-refractivity contribution in [3.05, 3.63) is 0 Å². The number of nitrogens with zero attached hydrogens (tertiary/aromatic N) is 1. The SMILES string of the molecule is CCCCCCCCCCCCCCCCC(CC)CN(CCCO)CCCO. The van der Waals surface area contributed by atoms with Gasteiger partial charge in [0.2, 0.25) is 0 Å². The van der Waals surface area contributed by atoms with Crippen molar-refractivity contribution in [1.82, 2.24) is 4.90 Å². The smallest absolute Gasteiger partial charge is 0.0443 e. The maximum absolute atomic E-state index is 9.10. The first-order chi connectivity index (χ1) is 14.3. The average molecular weight is 414 g/mol. The minimum Gasteiger partial charge on any atom is -0.396 e. The molecule has 0 spiro atoms. The largest absolute Gasteiger partial charge is 0.396 e. The molecule has 0 fully saturated rings. The minimum atomic E-state index is 0.269. The third kappa shape index (κ3) is 20.9. The average Bonchev–Trinajstić information content (AvgIpc) is 2.74. The van der Waals surface area contributed by atoms with Gasteiger partial charge in [0.05, 0.1) is 0 Å². The highest BCUT2D eigenvalue weighted by molar-refractivity contribution is 4.66. The van der Waals surface area contributed by atoms with E-state index in [4.69, 9.17) is 10.2 Å². The predicted octanol–water partition coefficient (Wildman–Crippen LogP) is 6.95. The van der Waals surface area contributed by atoms with Crippen molar-refractivity contribution < 1.29 is 10.2 Å². The summed E-state index contributed by atoms with van der Waals surface area (Å²) >= 11 is 0. The third-order valence-electron chi connectivity index (χ3n) is 6.32. The fourth-order valence-corrected chi connectivity index (χ4v) is 4.30. The first kappa shape index (κ1) is 28.9. The molecular formula is C26H55NO2. The van der Waals surface area contributed by atoms with Gasteiger partial charge < -0.3 is 15.1 Å².